The average molecular weight is 401 g/mol. The van der Waals surface area contributed by atoms with Gasteiger partial charge in [-0.3, -0.25) is 4.79 Å². The number of hydrogen-bond donors (Lipinski definition) is 2. The summed E-state index contributed by atoms with van der Waals surface area (Å²) in [6, 6.07) is 15.2. The molecule has 0 bridgehead atoms. The number of nitrogens with one attached hydrogen (secondary N) is 2. The standard InChI is InChI=1S/C23H29ClN2O2/c1-22(2)13-18(14-23(3,4)26-22)25-21(27)19-12-17(24)10-11-20(19)28-15-16-8-6-5-7-9-16/h5-12,18,26H,13-15H2,1-4H3,(H,25,27). The molecule has 1 aliphatic rings. The van der Waals surface area contributed by atoms with Gasteiger partial charge in [0.25, 0.3) is 5.91 Å². The average Bonchev–Trinajstić information content (AvgIpc) is 2.58. The monoisotopic (exact) mass is 400 g/mol. The van der Waals surface area contributed by atoms with Crippen molar-refractivity contribution in [3.8, 4) is 5.75 Å². The predicted molar refractivity (Wildman–Crippen MR) is 114 cm³/mol. The first-order chi connectivity index (χ1) is 13.1. The molecule has 0 radical (unpaired) electrons. The Hall–Kier alpha value is -2.04. The maximum atomic E-state index is 13.0. The molecule has 5 heteroatoms. The van der Waals surface area contributed by atoms with Crippen LogP contribution in [0.15, 0.2) is 48.5 Å². The second-order valence-corrected chi connectivity index (χ2v) is 9.32. The molecule has 1 amide bonds. The topological polar surface area (TPSA) is 50.4 Å². The van der Waals surface area contributed by atoms with E-state index in [9.17, 15) is 4.79 Å². The van der Waals surface area contributed by atoms with Gasteiger partial charge in [-0.1, -0.05) is 41.9 Å². The van der Waals surface area contributed by atoms with Crippen molar-refractivity contribution in [1.82, 2.24) is 10.6 Å². The van der Waals surface area contributed by atoms with Crippen LogP contribution in [0.4, 0.5) is 0 Å². The van der Waals surface area contributed by atoms with Gasteiger partial charge in [0.15, 0.2) is 0 Å². The van der Waals surface area contributed by atoms with Crippen LogP contribution >= 0.6 is 11.6 Å². The first kappa shape index (κ1) is 20.7. The number of hydrogen-bond acceptors (Lipinski definition) is 3. The summed E-state index contributed by atoms with van der Waals surface area (Å²) in [5, 5.41) is 7.35. The number of amides is 1. The molecule has 0 spiro atoms. The zero-order valence-corrected chi connectivity index (χ0v) is 17.8. The third kappa shape index (κ3) is 5.49. The van der Waals surface area contributed by atoms with E-state index < -0.39 is 0 Å². The molecule has 1 aliphatic heterocycles. The zero-order chi connectivity index (χ0) is 20.4. The van der Waals surface area contributed by atoms with Crippen molar-refractivity contribution in [3.63, 3.8) is 0 Å². The minimum atomic E-state index is -0.149. The number of rotatable bonds is 5. The molecule has 2 N–H and O–H groups in total. The van der Waals surface area contributed by atoms with Crippen LogP contribution in [0.5, 0.6) is 5.75 Å². The van der Waals surface area contributed by atoms with E-state index in [1.807, 2.05) is 30.3 Å². The fourth-order valence-electron chi connectivity index (χ4n) is 4.23. The molecule has 0 saturated carbocycles. The van der Waals surface area contributed by atoms with E-state index in [-0.39, 0.29) is 23.0 Å². The van der Waals surface area contributed by atoms with Crippen molar-refractivity contribution >= 4 is 17.5 Å². The summed E-state index contributed by atoms with van der Waals surface area (Å²) in [7, 11) is 0. The Morgan fingerprint density at radius 1 is 1.11 bits per heavy atom. The van der Waals surface area contributed by atoms with Crippen LogP contribution in [0.3, 0.4) is 0 Å². The molecule has 0 aliphatic carbocycles. The van der Waals surface area contributed by atoms with Gasteiger partial charge in [-0.25, -0.2) is 0 Å². The van der Waals surface area contributed by atoms with Crippen molar-refractivity contribution in [3.05, 3.63) is 64.7 Å². The van der Waals surface area contributed by atoms with Crippen LogP contribution in [0.1, 0.15) is 56.5 Å². The number of piperidine rings is 1. The van der Waals surface area contributed by atoms with Gasteiger partial charge in [-0.15, -0.1) is 0 Å². The molecule has 1 fully saturated rings. The van der Waals surface area contributed by atoms with Gasteiger partial charge in [0.1, 0.15) is 12.4 Å². The molecule has 1 heterocycles. The van der Waals surface area contributed by atoms with Crippen LogP contribution in [0.2, 0.25) is 5.02 Å². The lowest BCUT2D eigenvalue weighted by Crippen LogP contribution is -2.62. The highest BCUT2D eigenvalue weighted by Gasteiger charge is 2.38. The van der Waals surface area contributed by atoms with Crippen LogP contribution in [0, 0.1) is 0 Å². The Labute approximate surface area is 172 Å². The lowest BCUT2D eigenvalue weighted by molar-refractivity contribution is 0.0869. The highest BCUT2D eigenvalue weighted by Crippen LogP contribution is 2.30. The summed E-state index contributed by atoms with van der Waals surface area (Å²) in [6.07, 6.45) is 1.73. The quantitative estimate of drug-likeness (QED) is 0.745. The van der Waals surface area contributed by atoms with E-state index in [4.69, 9.17) is 16.3 Å². The fourth-order valence-corrected chi connectivity index (χ4v) is 4.40. The van der Waals surface area contributed by atoms with Crippen molar-refractivity contribution in [2.45, 2.75) is 64.3 Å². The Morgan fingerprint density at radius 2 is 1.75 bits per heavy atom. The van der Waals surface area contributed by atoms with Crippen molar-refractivity contribution in [2.75, 3.05) is 0 Å². The van der Waals surface area contributed by atoms with Crippen LogP contribution in [0.25, 0.3) is 0 Å². The van der Waals surface area contributed by atoms with E-state index in [1.54, 1.807) is 18.2 Å². The Kier molecular flexibility index (Phi) is 6.01. The molecular weight excluding hydrogens is 372 g/mol. The van der Waals surface area contributed by atoms with Crippen molar-refractivity contribution in [2.24, 2.45) is 0 Å². The summed E-state index contributed by atoms with van der Waals surface area (Å²) in [6.45, 7) is 9.07. The first-order valence-corrected chi connectivity index (χ1v) is 10.1. The minimum Gasteiger partial charge on any atom is -0.488 e. The molecule has 3 rings (SSSR count). The number of benzene rings is 2. The zero-order valence-electron chi connectivity index (χ0n) is 17.0. The summed E-state index contributed by atoms with van der Waals surface area (Å²) in [5.74, 6) is 0.391. The van der Waals surface area contributed by atoms with Gasteiger partial charge in [-0.05, 0) is 64.3 Å². The summed E-state index contributed by atoms with van der Waals surface area (Å²) >= 11 is 6.17. The second-order valence-electron chi connectivity index (χ2n) is 8.89. The van der Waals surface area contributed by atoms with Crippen LogP contribution < -0.4 is 15.4 Å². The summed E-state index contributed by atoms with van der Waals surface area (Å²) in [5.41, 5.74) is 1.43. The molecule has 0 atom stereocenters. The molecule has 2 aromatic rings. The SMILES string of the molecule is CC1(C)CC(NC(=O)c2cc(Cl)ccc2OCc2ccccc2)CC(C)(C)N1. The minimum absolute atomic E-state index is 0.0410. The molecule has 1 saturated heterocycles. The Bertz CT molecular complexity index is 818. The first-order valence-electron chi connectivity index (χ1n) is 9.70. The van der Waals surface area contributed by atoms with Gasteiger partial charge in [0.05, 0.1) is 5.56 Å². The lowest BCUT2D eigenvalue weighted by Gasteiger charge is -2.46. The van der Waals surface area contributed by atoms with Crippen LogP contribution in [-0.4, -0.2) is 23.0 Å². The summed E-state index contributed by atoms with van der Waals surface area (Å²) < 4.78 is 5.94. The van der Waals surface area contributed by atoms with Gasteiger partial charge >= 0.3 is 0 Å². The Morgan fingerprint density at radius 3 is 2.39 bits per heavy atom. The van der Waals surface area contributed by atoms with E-state index in [2.05, 4.69) is 38.3 Å². The molecule has 2 aromatic carbocycles. The normalized spacial score (nSPS) is 18.5. The van der Waals surface area contributed by atoms with Gasteiger partial charge in [0, 0.05) is 22.1 Å². The highest BCUT2D eigenvalue weighted by molar-refractivity contribution is 6.31. The van der Waals surface area contributed by atoms with E-state index in [0.717, 1.165) is 18.4 Å². The molecule has 0 unspecified atom stereocenters. The largest absolute Gasteiger partial charge is 0.488 e. The maximum Gasteiger partial charge on any atom is 0.255 e. The number of carbonyl (C=O) groups is 1. The van der Waals surface area contributed by atoms with Crippen molar-refractivity contribution < 1.29 is 9.53 Å². The van der Waals surface area contributed by atoms with Gasteiger partial charge < -0.3 is 15.4 Å². The summed E-state index contributed by atoms with van der Waals surface area (Å²) in [4.78, 5) is 13.0. The Balaban J connectivity index is 1.74. The van der Waals surface area contributed by atoms with E-state index in [1.165, 1.54) is 0 Å². The predicted octanol–water partition coefficient (Wildman–Crippen LogP) is 4.96. The molecular formula is C23H29ClN2O2. The van der Waals surface area contributed by atoms with Crippen molar-refractivity contribution in [1.29, 1.82) is 0 Å². The number of ether oxygens (including phenoxy) is 1. The van der Waals surface area contributed by atoms with Crippen LogP contribution in [-0.2, 0) is 6.61 Å². The molecule has 150 valence electrons. The molecule has 28 heavy (non-hydrogen) atoms. The highest BCUT2D eigenvalue weighted by atomic mass is 35.5. The third-order valence-corrected chi connectivity index (χ3v) is 5.18. The maximum absolute atomic E-state index is 13.0. The van der Waals surface area contributed by atoms with E-state index in [0.29, 0.717) is 22.9 Å². The van der Waals surface area contributed by atoms with Gasteiger partial charge in [-0.2, -0.15) is 0 Å². The third-order valence-electron chi connectivity index (χ3n) is 4.95. The lowest BCUT2D eigenvalue weighted by atomic mass is 9.79. The van der Waals surface area contributed by atoms with Gasteiger partial charge in [0.2, 0.25) is 0 Å². The van der Waals surface area contributed by atoms with E-state index >= 15 is 0 Å². The second kappa shape index (κ2) is 8.14. The number of carbonyl (C=O) groups excluding carboxylic acids is 1. The smallest absolute Gasteiger partial charge is 0.255 e. The fraction of sp³-hybridized carbons (Fsp3) is 0.435. The molecule has 4 nitrogen and oxygen atoms in total. The number of halogens is 1. The molecule has 0 aromatic heterocycles.